The fourth-order valence-electron chi connectivity index (χ4n) is 2.15. The van der Waals surface area contributed by atoms with Gasteiger partial charge in [0.15, 0.2) is 0 Å². The molecule has 0 atom stereocenters. The first-order valence-electron chi connectivity index (χ1n) is 6.16. The Morgan fingerprint density at radius 3 is 1.50 bits per heavy atom. The van der Waals surface area contributed by atoms with Crippen molar-refractivity contribution in [3.63, 3.8) is 0 Å². The Morgan fingerprint density at radius 2 is 1.28 bits per heavy atom. The number of hydrogen-bond donors (Lipinski definition) is 0. The predicted octanol–water partition coefficient (Wildman–Crippen LogP) is 4.03. The lowest BCUT2D eigenvalue weighted by molar-refractivity contribution is -0.0504. The highest BCUT2D eigenvalue weighted by molar-refractivity contribution is 7.88. The maximum atomic E-state index is 12.4. The van der Waals surface area contributed by atoms with Crippen molar-refractivity contribution in [1.29, 1.82) is 0 Å². The van der Waals surface area contributed by atoms with Crippen molar-refractivity contribution in [2.75, 3.05) is 0 Å². The molecular formula is C10H21F3O3SSi. The number of rotatable bonds is 8. The normalized spacial score (nSPS) is 13.9. The SMILES string of the molecule is CCC[Si](CCC)(CCC)OS(=O)(=O)C(F)(F)F. The van der Waals surface area contributed by atoms with Crippen molar-refractivity contribution in [1.82, 2.24) is 0 Å². The minimum atomic E-state index is -5.46. The van der Waals surface area contributed by atoms with Crippen LogP contribution in [0, 0.1) is 0 Å². The van der Waals surface area contributed by atoms with E-state index in [-0.39, 0.29) is 0 Å². The van der Waals surface area contributed by atoms with Crippen LogP contribution in [0.3, 0.4) is 0 Å². The highest BCUT2D eigenvalue weighted by atomic mass is 32.2. The van der Waals surface area contributed by atoms with Crippen molar-refractivity contribution in [3.05, 3.63) is 0 Å². The second-order valence-electron chi connectivity index (χ2n) is 4.42. The van der Waals surface area contributed by atoms with Crippen LogP contribution in [0.5, 0.6) is 0 Å². The third-order valence-electron chi connectivity index (χ3n) is 2.69. The van der Waals surface area contributed by atoms with Crippen molar-refractivity contribution >= 4 is 18.4 Å². The number of hydrogen-bond acceptors (Lipinski definition) is 3. The Kier molecular flexibility index (Phi) is 6.87. The van der Waals surface area contributed by atoms with Crippen LogP contribution in [-0.2, 0) is 14.0 Å². The first-order valence-corrected chi connectivity index (χ1v) is 10.1. The van der Waals surface area contributed by atoms with Gasteiger partial charge in [0.05, 0.1) is 0 Å². The summed E-state index contributed by atoms with van der Waals surface area (Å²) in [5.41, 5.74) is -5.32. The average Bonchev–Trinajstić information content (AvgIpc) is 2.15. The third kappa shape index (κ3) is 4.89. The van der Waals surface area contributed by atoms with Crippen LogP contribution in [0.2, 0.25) is 18.1 Å². The summed E-state index contributed by atoms with van der Waals surface area (Å²) in [5.74, 6) is 0. The predicted molar refractivity (Wildman–Crippen MR) is 67.1 cm³/mol. The standard InChI is InChI=1S/C10H21F3O3SSi/c1-4-7-18(8-5-2,9-6-3)16-17(14,15)10(11,12)13/h4-9H2,1-3H3. The van der Waals surface area contributed by atoms with E-state index in [1.54, 1.807) is 0 Å². The van der Waals surface area contributed by atoms with Gasteiger partial charge in [0.2, 0.25) is 8.32 Å². The maximum absolute atomic E-state index is 12.4. The van der Waals surface area contributed by atoms with E-state index >= 15 is 0 Å². The van der Waals surface area contributed by atoms with Crippen LogP contribution < -0.4 is 0 Å². The summed E-state index contributed by atoms with van der Waals surface area (Å²) in [6, 6.07) is 1.35. The summed E-state index contributed by atoms with van der Waals surface area (Å²) in [7, 11) is -8.31. The van der Waals surface area contributed by atoms with Crippen molar-refractivity contribution in [2.45, 2.75) is 63.7 Å². The highest BCUT2D eigenvalue weighted by Gasteiger charge is 2.51. The summed E-state index contributed by atoms with van der Waals surface area (Å²) < 4.78 is 64.2. The molecule has 0 radical (unpaired) electrons. The molecule has 0 fully saturated rings. The molecule has 0 spiro atoms. The maximum Gasteiger partial charge on any atom is 0.522 e. The molecule has 0 aromatic rings. The number of halogens is 3. The lowest BCUT2D eigenvalue weighted by Crippen LogP contribution is -2.43. The Balaban J connectivity index is 5.20. The van der Waals surface area contributed by atoms with Crippen molar-refractivity contribution in [3.8, 4) is 0 Å². The van der Waals surface area contributed by atoms with Crippen molar-refractivity contribution in [2.24, 2.45) is 0 Å². The molecule has 0 N–H and O–H groups in total. The van der Waals surface area contributed by atoms with E-state index in [1.807, 2.05) is 20.8 Å². The van der Waals surface area contributed by atoms with Crippen molar-refractivity contribution < 1.29 is 25.5 Å². The van der Waals surface area contributed by atoms with E-state index in [9.17, 15) is 21.6 Å². The van der Waals surface area contributed by atoms with E-state index in [1.165, 1.54) is 0 Å². The van der Waals surface area contributed by atoms with Gasteiger partial charge in [-0.25, -0.2) is 0 Å². The van der Waals surface area contributed by atoms with Gasteiger partial charge in [-0.15, -0.1) is 0 Å². The summed E-state index contributed by atoms with van der Waals surface area (Å²) in [4.78, 5) is 0. The van der Waals surface area contributed by atoms with Crippen LogP contribution in [0.4, 0.5) is 13.2 Å². The minimum Gasteiger partial charge on any atom is -0.308 e. The minimum absolute atomic E-state index is 0.448. The molecule has 0 amide bonds. The molecule has 0 aliphatic rings. The quantitative estimate of drug-likeness (QED) is 0.502. The van der Waals surface area contributed by atoms with Gasteiger partial charge in [-0.2, -0.15) is 21.6 Å². The van der Waals surface area contributed by atoms with E-state index < -0.39 is 23.9 Å². The summed E-state index contributed by atoms with van der Waals surface area (Å²) >= 11 is 0. The van der Waals surface area contributed by atoms with Gasteiger partial charge in [-0.3, -0.25) is 0 Å². The van der Waals surface area contributed by atoms with Gasteiger partial charge in [-0.1, -0.05) is 40.0 Å². The lowest BCUT2D eigenvalue weighted by Gasteiger charge is -2.30. The molecule has 0 saturated heterocycles. The van der Waals surface area contributed by atoms with E-state index in [0.29, 0.717) is 37.4 Å². The van der Waals surface area contributed by atoms with Gasteiger partial charge in [0.1, 0.15) is 0 Å². The zero-order chi connectivity index (χ0) is 14.4. The zero-order valence-electron chi connectivity index (χ0n) is 11.0. The van der Waals surface area contributed by atoms with E-state index in [0.717, 1.165) is 0 Å². The van der Waals surface area contributed by atoms with Crippen LogP contribution in [-0.4, -0.2) is 22.2 Å². The molecule has 110 valence electrons. The second-order valence-corrected chi connectivity index (χ2v) is 10.3. The van der Waals surface area contributed by atoms with Crippen LogP contribution >= 0.6 is 0 Å². The molecule has 0 aliphatic carbocycles. The fourth-order valence-corrected chi connectivity index (χ4v) is 8.87. The van der Waals surface area contributed by atoms with Crippen LogP contribution in [0.25, 0.3) is 0 Å². The molecule has 0 saturated carbocycles. The molecule has 0 unspecified atom stereocenters. The second kappa shape index (κ2) is 6.90. The average molecular weight is 306 g/mol. The Hall–Kier alpha value is -0.0831. The molecular weight excluding hydrogens is 285 g/mol. The largest absolute Gasteiger partial charge is 0.522 e. The van der Waals surface area contributed by atoms with E-state index in [4.69, 9.17) is 3.87 Å². The molecule has 0 aromatic carbocycles. The van der Waals surface area contributed by atoms with E-state index in [2.05, 4.69) is 0 Å². The van der Waals surface area contributed by atoms with Crippen LogP contribution in [0.15, 0.2) is 0 Å². The van der Waals surface area contributed by atoms with Gasteiger partial charge in [0.25, 0.3) is 0 Å². The first kappa shape index (κ1) is 17.9. The monoisotopic (exact) mass is 306 g/mol. The molecule has 0 aromatic heterocycles. The molecule has 0 aliphatic heterocycles. The molecule has 0 rings (SSSR count). The topological polar surface area (TPSA) is 43.4 Å². The van der Waals surface area contributed by atoms with Gasteiger partial charge in [0, 0.05) is 0 Å². The summed E-state index contributed by atoms with van der Waals surface area (Å²) in [6.45, 7) is 5.49. The molecule has 0 bridgehead atoms. The van der Waals surface area contributed by atoms with Gasteiger partial charge in [-0.05, 0) is 18.1 Å². The van der Waals surface area contributed by atoms with Gasteiger partial charge >= 0.3 is 15.6 Å². The van der Waals surface area contributed by atoms with Crippen LogP contribution in [0.1, 0.15) is 40.0 Å². The molecule has 8 heteroatoms. The fraction of sp³-hybridized carbons (Fsp3) is 1.00. The zero-order valence-corrected chi connectivity index (χ0v) is 12.8. The molecule has 0 heterocycles. The van der Waals surface area contributed by atoms with Gasteiger partial charge < -0.3 is 3.87 Å². The molecule has 18 heavy (non-hydrogen) atoms. The third-order valence-corrected chi connectivity index (χ3v) is 9.78. The Bertz CT molecular complexity index is 324. The first-order chi connectivity index (χ1) is 8.14. The smallest absolute Gasteiger partial charge is 0.308 e. The Morgan fingerprint density at radius 1 is 0.944 bits per heavy atom. The summed E-state index contributed by atoms with van der Waals surface area (Å²) in [5, 5.41) is 0. The summed E-state index contributed by atoms with van der Waals surface area (Å²) in [6.07, 6.45) is 1.92. The Labute approximate surface area is 108 Å². The number of alkyl halides is 3. The highest BCUT2D eigenvalue weighted by Crippen LogP contribution is 2.34. The molecule has 3 nitrogen and oxygen atoms in total. The lowest BCUT2D eigenvalue weighted by atomic mass is 10.6.